The van der Waals surface area contributed by atoms with E-state index in [1.807, 2.05) is 0 Å². The molecule has 1 aromatic heterocycles. The molecule has 2 aromatic rings. The van der Waals surface area contributed by atoms with Gasteiger partial charge in [0.1, 0.15) is 0 Å². The highest BCUT2D eigenvalue weighted by atomic mass is 32.1. The molecule has 3 amide bonds. The van der Waals surface area contributed by atoms with E-state index in [0.717, 1.165) is 4.88 Å². The van der Waals surface area contributed by atoms with Crippen molar-refractivity contribution in [1.82, 2.24) is 10.4 Å². The van der Waals surface area contributed by atoms with Gasteiger partial charge in [0.25, 0.3) is 0 Å². The SMILES string of the molecule is CC(=O)Nc1ccccc1NC(=O)CC(C)=NNC(=O)Cc1cnc(N)s1. The molecular formula is C17H20N6O3S. The van der Waals surface area contributed by atoms with E-state index < -0.39 is 0 Å². The molecule has 0 spiro atoms. The molecule has 0 atom stereocenters. The number of carbonyl (C=O) groups is 3. The summed E-state index contributed by atoms with van der Waals surface area (Å²) in [6.07, 6.45) is 1.64. The Labute approximate surface area is 160 Å². The molecule has 1 heterocycles. The summed E-state index contributed by atoms with van der Waals surface area (Å²) < 4.78 is 0. The number of hydrazone groups is 1. The highest BCUT2D eigenvalue weighted by Gasteiger charge is 2.10. The minimum absolute atomic E-state index is 0.0117. The van der Waals surface area contributed by atoms with Gasteiger partial charge in [-0.15, -0.1) is 11.3 Å². The van der Waals surface area contributed by atoms with Gasteiger partial charge in [0, 0.05) is 23.7 Å². The average Bonchev–Trinajstić information content (AvgIpc) is 2.99. The van der Waals surface area contributed by atoms with Gasteiger partial charge in [-0.1, -0.05) is 12.1 Å². The Morgan fingerprint density at radius 2 is 1.78 bits per heavy atom. The topological polar surface area (TPSA) is 139 Å². The van der Waals surface area contributed by atoms with Gasteiger partial charge in [-0.05, 0) is 19.1 Å². The fraction of sp³-hybridized carbons (Fsp3) is 0.235. The van der Waals surface area contributed by atoms with Crippen LogP contribution in [0.2, 0.25) is 0 Å². The average molecular weight is 388 g/mol. The van der Waals surface area contributed by atoms with Crippen LogP contribution in [0.25, 0.3) is 0 Å². The number of amides is 3. The van der Waals surface area contributed by atoms with Crippen LogP contribution in [0, 0.1) is 0 Å². The van der Waals surface area contributed by atoms with Crippen molar-refractivity contribution >= 4 is 51.3 Å². The van der Waals surface area contributed by atoms with Crippen molar-refractivity contribution in [3.63, 3.8) is 0 Å². The molecule has 0 saturated carbocycles. The number of hydrogen-bond donors (Lipinski definition) is 4. The smallest absolute Gasteiger partial charge is 0.245 e. The van der Waals surface area contributed by atoms with Crippen molar-refractivity contribution < 1.29 is 14.4 Å². The third-order valence-corrected chi connectivity index (χ3v) is 4.03. The fourth-order valence-corrected chi connectivity index (χ4v) is 2.80. The number of aromatic nitrogens is 1. The van der Waals surface area contributed by atoms with Crippen LogP contribution in [0.3, 0.4) is 0 Å². The van der Waals surface area contributed by atoms with Crippen LogP contribution in [-0.4, -0.2) is 28.4 Å². The number of benzene rings is 1. The van der Waals surface area contributed by atoms with Gasteiger partial charge < -0.3 is 16.4 Å². The van der Waals surface area contributed by atoms with Crippen molar-refractivity contribution in [3.8, 4) is 0 Å². The summed E-state index contributed by atoms with van der Waals surface area (Å²) >= 11 is 1.23. The largest absolute Gasteiger partial charge is 0.375 e. The molecule has 2 rings (SSSR count). The maximum Gasteiger partial charge on any atom is 0.245 e. The number of nitrogen functional groups attached to an aromatic ring is 1. The summed E-state index contributed by atoms with van der Waals surface area (Å²) in [5.74, 6) is -0.882. The lowest BCUT2D eigenvalue weighted by Gasteiger charge is -2.11. The standard InChI is InChI=1S/C17H20N6O3S/c1-10(22-23-16(26)8-12-9-19-17(18)27-12)7-15(25)21-14-6-4-3-5-13(14)20-11(2)24/h3-6,9H,7-8H2,1-2H3,(H2,18,19)(H,20,24)(H,21,25)(H,23,26). The van der Waals surface area contributed by atoms with E-state index in [1.54, 1.807) is 31.2 Å². The van der Waals surface area contributed by atoms with Crippen LogP contribution in [0.1, 0.15) is 25.1 Å². The van der Waals surface area contributed by atoms with E-state index >= 15 is 0 Å². The summed E-state index contributed by atoms with van der Waals surface area (Å²) in [7, 11) is 0. The number of nitrogens with zero attached hydrogens (tertiary/aromatic N) is 2. The number of rotatable bonds is 7. The first-order chi connectivity index (χ1) is 12.8. The van der Waals surface area contributed by atoms with E-state index in [4.69, 9.17) is 5.73 Å². The zero-order valence-corrected chi connectivity index (χ0v) is 15.7. The van der Waals surface area contributed by atoms with E-state index in [1.165, 1.54) is 24.5 Å². The van der Waals surface area contributed by atoms with Crippen LogP contribution < -0.4 is 21.8 Å². The molecule has 0 aliphatic rings. The summed E-state index contributed by atoms with van der Waals surface area (Å²) in [6.45, 7) is 3.02. The van der Waals surface area contributed by atoms with Gasteiger partial charge in [-0.3, -0.25) is 14.4 Å². The fourth-order valence-electron chi connectivity index (χ4n) is 2.12. The molecule has 1 aromatic carbocycles. The Kier molecular flexibility index (Phi) is 7.00. The van der Waals surface area contributed by atoms with Gasteiger partial charge in [0.15, 0.2) is 5.13 Å². The predicted molar refractivity (Wildman–Crippen MR) is 105 cm³/mol. The second kappa shape index (κ2) is 9.43. The van der Waals surface area contributed by atoms with Crippen LogP contribution in [0.4, 0.5) is 16.5 Å². The second-order valence-corrected chi connectivity index (χ2v) is 6.82. The number of anilines is 3. The summed E-state index contributed by atoms with van der Waals surface area (Å²) in [4.78, 5) is 39.8. The zero-order chi connectivity index (χ0) is 19.8. The van der Waals surface area contributed by atoms with Gasteiger partial charge in [-0.25, -0.2) is 10.4 Å². The maximum atomic E-state index is 12.2. The van der Waals surface area contributed by atoms with Crippen molar-refractivity contribution in [2.45, 2.75) is 26.7 Å². The first-order valence-corrected chi connectivity index (χ1v) is 8.84. The van der Waals surface area contributed by atoms with Crippen molar-refractivity contribution in [3.05, 3.63) is 35.3 Å². The van der Waals surface area contributed by atoms with E-state index in [0.29, 0.717) is 22.2 Å². The van der Waals surface area contributed by atoms with Gasteiger partial charge in [0.2, 0.25) is 17.7 Å². The number of para-hydroxylation sites is 2. The Bertz CT molecular complexity index is 877. The second-order valence-electron chi connectivity index (χ2n) is 5.68. The molecule has 0 bridgehead atoms. The first-order valence-electron chi connectivity index (χ1n) is 8.02. The monoisotopic (exact) mass is 388 g/mol. The Hall–Kier alpha value is -3.27. The zero-order valence-electron chi connectivity index (χ0n) is 14.9. The highest BCUT2D eigenvalue weighted by Crippen LogP contribution is 2.21. The summed E-state index contributed by atoms with van der Waals surface area (Å²) in [6, 6.07) is 6.86. The Balaban J connectivity index is 1.87. The van der Waals surface area contributed by atoms with Crippen LogP contribution in [-0.2, 0) is 20.8 Å². The van der Waals surface area contributed by atoms with Gasteiger partial charge in [0.05, 0.1) is 24.2 Å². The van der Waals surface area contributed by atoms with Crippen LogP contribution in [0.15, 0.2) is 35.6 Å². The number of nitrogens with one attached hydrogen (secondary N) is 3. The van der Waals surface area contributed by atoms with Crippen LogP contribution >= 0.6 is 11.3 Å². The summed E-state index contributed by atoms with van der Waals surface area (Å²) in [5, 5.41) is 9.67. The van der Waals surface area contributed by atoms with Gasteiger partial charge in [-0.2, -0.15) is 5.10 Å². The normalized spacial score (nSPS) is 11.0. The molecule has 0 saturated heterocycles. The van der Waals surface area contributed by atoms with E-state index in [-0.39, 0.29) is 30.6 Å². The number of thiazole rings is 1. The van der Waals surface area contributed by atoms with Crippen molar-refractivity contribution in [1.29, 1.82) is 0 Å². The minimum atomic E-state index is -0.325. The molecule has 0 aliphatic carbocycles. The molecule has 0 fully saturated rings. The molecule has 0 radical (unpaired) electrons. The highest BCUT2D eigenvalue weighted by molar-refractivity contribution is 7.15. The Morgan fingerprint density at radius 3 is 2.37 bits per heavy atom. The maximum absolute atomic E-state index is 12.2. The van der Waals surface area contributed by atoms with E-state index in [2.05, 4.69) is 26.1 Å². The number of carbonyl (C=O) groups excluding carboxylic acids is 3. The molecule has 0 aliphatic heterocycles. The molecule has 0 unspecified atom stereocenters. The van der Waals surface area contributed by atoms with Crippen LogP contribution in [0.5, 0.6) is 0 Å². The molecule has 5 N–H and O–H groups in total. The van der Waals surface area contributed by atoms with Crippen molar-refractivity contribution in [2.24, 2.45) is 5.10 Å². The minimum Gasteiger partial charge on any atom is -0.375 e. The molecular weight excluding hydrogens is 368 g/mol. The van der Waals surface area contributed by atoms with E-state index in [9.17, 15) is 14.4 Å². The lowest BCUT2D eigenvalue weighted by atomic mass is 10.2. The third-order valence-electron chi connectivity index (χ3n) is 3.21. The predicted octanol–water partition coefficient (Wildman–Crippen LogP) is 1.75. The Morgan fingerprint density at radius 1 is 1.11 bits per heavy atom. The lowest BCUT2D eigenvalue weighted by molar-refractivity contribution is -0.120. The number of hydrogen-bond acceptors (Lipinski definition) is 7. The quantitative estimate of drug-likeness (QED) is 0.423. The lowest BCUT2D eigenvalue weighted by Crippen LogP contribution is -2.22. The van der Waals surface area contributed by atoms with Crippen molar-refractivity contribution in [2.75, 3.05) is 16.4 Å². The molecule has 9 nitrogen and oxygen atoms in total. The molecule has 142 valence electrons. The number of nitrogens with two attached hydrogens (primary N) is 1. The molecule has 10 heteroatoms. The van der Waals surface area contributed by atoms with Gasteiger partial charge >= 0.3 is 0 Å². The molecule has 27 heavy (non-hydrogen) atoms. The summed E-state index contributed by atoms with van der Waals surface area (Å²) in [5.41, 5.74) is 9.33. The third kappa shape index (κ3) is 6.86. The first kappa shape index (κ1) is 20.0.